The molecule has 0 radical (unpaired) electrons. The molecule has 0 amide bonds. The van der Waals surface area contributed by atoms with Crippen molar-refractivity contribution in [1.82, 2.24) is 0 Å². The first-order chi connectivity index (χ1) is 6.76. The van der Waals surface area contributed by atoms with Crippen molar-refractivity contribution in [1.29, 1.82) is 0 Å². The van der Waals surface area contributed by atoms with Crippen LogP contribution < -0.4 is 4.74 Å². The molecule has 0 bridgehead atoms. The zero-order valence-electron chi connectivity index (χ0n) is 7.65. The van der Waals surface area contributed by atoms with Crippen molar-refractivity contribution in [3.8, 4) is 11.5 Å². The largest absolute Gasteiger partial charge is 0.506 e. The monoisotopic (exact) mass is 210 g/mol. The van der Waals surface area contributed by atoms with Gasteiger partial charge in [0.25, 0.3) is 0 Å². The fourth-order valence-corrected chi connectivity index (χ4v) is 2.30. The van der Waals surface area contributed by atoms with Crippen LogP contribution in [-0.2, 0) is 6.61 Å². The van der Waals surface area contributed by atoms with Crippen molar-refractivity contribution < 1.29 is 14.9 Å². The molecule has 0 spiro atoms. The molecule has 4 heteroatoms. The second-order valence-electron chi connectivity index (χ2n) is 2.95. The number of methoxy groups -OCH3 is 1. The summed E-state index contributed by atoms with van der Waals surface area (Å²) in [6.45, 7) is -0.0540. The lowest BCUT2D eigenvalue weighted by Crippen LogP contribution is -1.87. The van der Waals surface area contributed by atoms with Crippen molar-refractivity contribution in [3.05, 3.63) is 23.1 Å². The molecule has 0 atom stereocenters. The van der Waals surface area contributed by atoms with Crippen LogP contribution in [0.5, 0.6) is 11.5 Å². The predicted molar refractivity (Wildman–Crippen MR) is 56.0 cm³/mol. The molecule has 1 heterocycles. The number of benzene rings is 1. The number of fused-ring (bicyclic) bond motifs is 1. The van der Waals surface area contributed by atoms with Crippen LogP contribution in [0.15, 0.2) is 17.5 Å². The Balaban J connectivity index is 2.76. The number of aromatic hydroxyl groups is 1. The van der Waals surface area contributed by atoms with Crippen molar-refractivity contribution in [2.24, 2.45) is 0 Å². The van der Waals surface area contributed by atoms with Crippen LogP contribution in [0.25, 0.3) is 10.1 Å². The first kappa shape index (κ1) is 9.30. The highest BCUT2D eigenvalue weighted by molar-refractivity contribution is 7.18. The number of rotatable bonds is 2. The van der Waals surface area contributed by atoms with Gasteiger partial charge in [-0.2, -0.15) is 0 Å². The Kier molecular flexibility index (Phi) is 2.31. The normalized spacial score (nSPS) is 10.7. The van der Waals surface area contributed by atoms with Crippen LogP contribution in [0.4, 0.5) is 0 Å². The van der Waals surface area contributed by atoms with Crippen molar-refractivity contribution in [2.75, 3.05) is 7.11 Å². The van der Waals surface area contributed by atoms with E-state index in [1.54, 1.807) is 24.6 Å². The molecule has 3 nitrogen and oxygen atoms in total. The van der Waals surface area contributed by atoms with Gasteiger partial charge in [0.05, 0.1) is 18.4 Å². The third kappa shape index (κ3) is 1.32. The van der Waals surface area contributed by atoms with E-state index in [-0.39, 0.29) is 12.4 Å². The Bertz CT molecular complexity index is 462. The lowest BCUT2D eigenvalue weighted by atomic mass is 10.1. The van der Waals surface area contributed by atoms with Crippen LogP contribution in [0.3, 0.4) is 0 Å². The number of ether oxygens (including phenoxy) is 1. The van der Waals surface area contributed by atoms with Crippen molar-refractivity contribution >= 4 is 21.4 Å². The average molecular weight is 210 g/mol. The predicted octanol–water partition coefficient (Wildman–Crippen LogP) is 2.11. The quantitative estimate of drug-likeness (QED) is 0.798. The molecule has 1 aromatic carbocycles. The van der Waals surface area contributed by atoms with E-state index >= 15 is 0 Å². The molecule has 74 valence electrons. The summed E-state index contributed by atoms with van der Waals surface area (Å²) in [5.41, 5.74) is 0.739. The standard InChI is InChI=1S/C10H10O3S/c1-13-9-3-6(4-11)2-7-8(12)5-14-10(7)9/h2-3,5,11-12H,4H2,1H3. The maximum absolute atomic E-state index is 9.52. The number of hydrogen-bond acceptors (Lipinski definition) is 4. The van der Waals surface area contributed by atoms with Crippen molar-refractivity contribution in [2.45, 2.75) is 6.61 Å². The molecule has 2 rings (SSSR count). The Morgan fingerprint density at radius 2 is 2.21 bits per heavy atom. The Morgan fingerprint density at radius 3 is 2.86 bits per heavy atom. The molecule has 2 aromatic rings. The van der Waals surface area contributed by atoms with E-state index < -0.39 is 0 Å². The highest BCUT2D eigenvalue weighted by Crippen LogP contribution is 2.38. The first-order valence-electron chi connectivity index (χ1n) is 4.14. The van der Waals surface area contributed by atoms with E-state index in [1.807, 2.05) is 0 Å². The average Bonchev–Trinajstić information content (AvgIpc) is 2.59. The fraction of sp³-hybridized carbons (Fsp3) is 0.200. The van der Waals surface area contributed by atoms with E-state index in [1.165, 1.54) is 11.3 Å². The maximum atomic E-state index is 9.52. The van der Waals surface area contributed by atoms with Crippen LogP contribution in [0, 0.1) is 0 Å². The molecule has 0 fully saturated rings. The molecule has 2 N–H and O–H groups in total. The van der Waals surface area contributed by atoms with Gasteiger partial charge in [-0.25, -0.2) is 0 Å². The Morgan fingerprint density at radius 1 is 1.43 bits per heavy atom. The van der Waals surface area contributed by atoms with Gasteiger partial charge in [-0.1, -0.05) is 0 Å². The van der Waals surface area contributed by atoms with Crippen LogP contribution in [-0.4, -0.2) is 17.3 Å². The van der Waals surface area contributed by atoms with Crippen molar-refractivity contribution in [3.63, 3.8) is 0 Å². The molecule has 0 saturated carbocycles. The van der Waals surface area contributed by atoms with Gasteiger partial charge in [0.15, 0.2) is 0 Å². The molecule has 0 saturated heterocycles. The minimum absolute atomic E-state index is 0.0540. The smallest absolute Gasteiger partial charge is 0.137 e. The van der Waals surface area contributed by atoms with E-state index in [9.17, 15) is 5.11 Å². The highest BCUT2D eigenvalue weighted by Gasteiger charge is 2.09. The van der Waals surface area contributed by atoms with Crippen LogP contribution >= 0.6 is 11.3 Å². The highest BCUT2D eigenvalue weighted by atomic mass is 32.1. The van der Waals surface area contributed by atoms with Gasteiger partial charge in [0.1, 0.15) is 11.5 Å². The lowest BCUT2D eigenvalue weighted by Gasteiger charge is -2.04. The third-order valence-corrected chi connectivity index (χ3v) is 3.08. The van der Waals surface area contributed by atoms with E-state index in [4.69, 9.17) is 9.84 Å². The Hall–Kier alpha value is -1.26. The number of thiophene rings is 1. The summed E-state index contributed by atoms with van der Waals surface area (Å²) in [7, 11) is 1.58. The molecule has 0 unspecified atom stereocenters. The number of aliphatic hydroxyl groups excluding tert-OH is 1. The summed E-state index contributed by atoms with van der Waals surface area (Å²) >= 11 is 1.43. The maximum Gasteiger partial charge on any atom is 0.137 e. The van der Waals surface area contributed by atoms with Gasteiger partial charge < -0.3 is 14.9 Å². The topological polar surface area (TPSA) is 49.7 Å². The van der Waals surface area contributed by atoms with Gasteiger partial charge in [-0.15, -0.1) is 11.3 Å². The summed E-state index contributed by atoms with van der Waals surface area (Å²) in [5.74, 6) is 0.926. The zero-order valence-corrected chi connectivity index (χ0v) is 8.47. The van der Waals surface area contributed by atoms with Crippen LogP contribution in [0.2, 0.25) is 0 Å². The van der Waals surface area contributed by atoms with E-state index in [0.717, 1.165) is 15.6 Å². The molecule has 14 heavy (non-hydrogen) atoms. The third-order valence-electron chi connectivity index (χ3n) is 2.08. The molecule has 0 aliphatic rings. The fourth-order valence-electron chi connectivity index (χ4n) is 1.39. The summed E-state index contributed by atoms with van der Waals surface area (Å²) in [6, 6.07) is 3.54. The van der Waals surface area contributed by atoms with E-state index in [0.29, 0.717) is 5.75 Å². The number of aliphatic hydroxyl groups is 1. The summed E-state index contributed by atoms with van der Waals surface area (Å²) in [4.78, 5) is 0. The minimum Gasteiger partial charge on any atom is -0.506 e. The van der Waals surface area contributed by atoms with Gasteiger partial charge in [-0.05, 0) is 17.7 Å². The van der Waals surface area contributed by atoms with Crippen LogP contribution in [0.1, 0.15) is 5.56 Å². The molecule has 0 aliphatic carbocycles. The zero-order chi connectivity index (χ0) is 10.1. The summed E-state index contributed by atoms with van der Waals surface area (Å²) in [5, 5.41) is 20.9. The lowest BCUT2D eigenvalue weighted by molar-refractivity contribution is 0.281. The Labute approximate surface area is 85.2 Å². The molecular formula is C10H10O3S. The summed E-state index contributed by atoms with van der Waals surface area (Å²) < 4.78 is 6.08. The first-order valence-corrected chi connectivity index (χ1v) is 5.02. The van der Waals surface area contributed by atoms with Gasteiger partial charge >= 0.3 is 0 Å². The summed E-state index contributed by atoms with van der Waals surface area (Å²) in [6.07, 6.45) is 0. The van der Waals surface area contributed by atoms with Gasteiger partial charge in [0, 0.05) is 10.8 Å². The SMILES string of the molecule is COc1cc(CO)cc2c(O)csc12. The van der Waals surface area contributed by atoms with Gasteiger partial charge in [-0.3, -0.25) is 0 Å². The van der Waals surface area contributed by atoms with Gasteiger partial charge in [0.2, 0.25) is 0 Å². The molecule has 1 aromatic heterocycles. The molecular weight excluding hydrogens is 200 g/mol. The molecule has 0 aliphatic heterocycles. The van der Waals surface area contributed by atoms with E-state index in [2.05, 4.69) is 0 Å². The second-order valence-corrected chi connectivity index (χ2v) is 3.83. The second kappa shape index (κ2) is 3.48. The number of hydrogen-bond donors (Lipinski definition) is 2. The minimum atomic E-state index is -0.0540.